The number of hydrogen-bond donors (Lipinski definition) is 1. The topological polar surface area (TPSA) is 29.3 Å². The van der Waals surface area contributed by atoms with E-state index >= 15 is 0 Å². The molecule has 1 aliphatic carbocycles. The largest absolute Gasteiger partial charge is 0.329 e. The van der Waals surface area contributed by atoms with Gasteiger partial charge in [0.05, 0.1) is 0 Å². The average Bonchev–Trinajstić information content (AvgIpc) is 2.46. The van der Waals surface area contributed by atoms with Crippen LogP contribution in [0.2, 0.25) is 0 Å². The van der Waals surface area contributed by atoms with Crippen LogP contribution in [0.1, 0.15) is 80.1 Å². The maximum Gasteiger partial charge on any atom is 0.0341 e. The Morgan fingerprint density at radius 3 is 1.86 bits per heavy atom. The van der Waals surface area contributed by atoms with Gasteiger partial charge in [0.15, 0.2) is 0 Å². The highest BCUT2D eigenvalue weighted by molar-refractivity contribution is 5.05. The molecule has 1 saturated carbocycles. The van der Waals surface area contributed by atoms with Crippen LogP contribution in [0.5, 0.6) is 0 Å². The molecule has 0 bridgehead atoms. The molecule has 1 aliphatic heterocycles. The molecule has 2 heteroatoms. The Labute approximate surface area is 132 Å². The maximum atomic E-state index is 6.39. The molecule has 0 spiro atoms. The molecule has 0 atom stereocenters. The summed E-state index contributed by atoms with van der Waals surface area (Å²) in [6, 6.07) is 0. The lowest BCUT2D eigenvalue weighted by atomic mass is 9.58. The molecule has 21 heavy (non-hydrogen) atoms. The van der Waals surface area contributed by atoms with Crippen LogP contribution in [-0.4, -0.2) is 30.1 Å². The SMILES string of the molecule is CC1(C)CCCN(C2(CN)CC(C)(C)CC(C)(C)C2)CC1. The van der Waals surface area contributed by atoms with Gasteiger partial charge in [-0.05, 0) is 67.9 Å². The third-order valence-electron chi connectivity index (χ3n) is 5.96. The van der Waals surface area contributed by atoms with Crippen molar-refractivity contribution in [1.29, 1.82) is 0 Å². The molecule has 2 fully saturated rings. The second-order valence-corrected chi connectivity index (χ2v) is 10.3. The molecule has 1 heterocycles. The van der Waals surface area contributed by atoms with E-state index in [2.05, 4.69) is 46.4 Å². The Hall–Kier alpha value is -0.0800. The molecule has 0 amide bonds. The molecule has 0 aromatic carbocycles. The zero-order valence-corrected chi connectivity index (χ0v) is 15.4. The first-order chi connectivity index (χ1) is 9.49. The predicted octanol–water partition coefficient (Wildman–Crippen LogP) is 4.43. The summed E-state index contributed by atoms with van der Waals surface area (Å²) in [5.74, 6) is 0. The van der Waals surface area contributed by atoms with Crippen LogP contribution in [-0.2, 0) is 0 Å². The second kappa shape index (κ2) is 5.53. The van der Waals surface area contributed by atoms with Crippen LogP contribution in [0.25, 0.3) is 0 Å². The van der Waals surface area contributed by atoms with Crippen molar-refractivity contribution in [3.8, 4) is 0 Å². The Balaban J connectivity index is 2.24. The summed E-state index contributed by atoms with van der Waals surface area (Å²) in [4.78, 5) is 2.78. The number of rotatable bonds is 2. The fraction of sp³-hybridized carbons (Fsp3) is 1.00. The lowest BCUT2D eigenvalue weighted by Gasteiger charge is -2.56. The van der Waals surface area contributed by atoms with Crippen molar-refractivity contribution in [2.45, 2.75) is 85.6 Å². The quantitative estimate of drug-likeness (QED) is 0.816. The van der Waals surface area contributed by atoms with Crippen molar-refractivity contribution in [3.05, 3.63) is 0 Å². The summed E-state index contributed by atoms with van der Waals surface area (Å²) in [5.41, 5.74) is 7.93. The van der Waals surface area contributed by atoms with E-state index in [0.717, 1.165) is 6.54 Å². The van der Waals surface area contributed by atoms with E-state index in [-0.39, 0.29) is 5.54 Å². The first-order valence-corrected chi connectivity index (χ1v) is 8.95. The molecule has 2 aliphatic rings. The molecule has 1 saturated heterocycles. The maximum absolute atomic E-state index is 6.39. The van der Waals surface area contributed by atoms with Crippen LogP contribution < -0.4 is 5.73 Å². The first kappa shape index (κ1) is 17.3. The van der Waals surface area contributed by atoms with Gasteiger partial charge in [0, 0.05) is 12.1 Å². The van der Waals surface area contributed by atoms with E-state index in [1.165, 1.54) is 51.6 Å². The Morgan fingerprint density at radius 2 is 1.33 bits per heavy atom. The fourth-order valence-corrected chi connectivity index (χ4v) is 5.66. The number of likely N-dealkylation sites (tertiary alicyclic amines) is 1. The third kappa shape index (κ3) is 4.01. The van der Waals surface area contributed by atoms with Crippen molar-refractivity contribution in [2.75, 3.05) is 19.6 Å². The van der Waals surface area contributed by atoms with Gasteiger partial charge in [-0.15, -0.1) is 0 Å². The minimum Gasteiger partial charge on any atom is -0.329 e. The van der Waals surface area contributed by atoms with Gasteiger partial charge in [0.2, 0.25) is 0 Å². The molecule has 0 radical (unpaired) electrons. The van der Waals surface area contributed by atoms with E-state index in [0.29, 0.717) is 16.2 Å². The number of hydrogen-bond acceptors (Lipinski definition) is 2. The molecular formula is C19H38N2. The Bertz CT molecular complexity index is 352. The van der Waals surface area contributed by atoms with Crippen LogP contribution in [0.4, 0.5) is 0 Å². The highest BCUT2D eigenvalue weighted by Crippen LogP contribution is 2.52. The van der Waals surface area contributed by atoms with Gasteiger partial charge >= 0.3 is 0 Å². The summed E-state index contributed by atoms with van der Waals surface area (Å²) in [6.45, 7) is 17.9. The summed E-state index contributed by atoms with van der Waals surface area (Å²) < 4.78 is 0. The van der Waals surface area contributed by atoms with Gasteiger partial charge in [-0.25, -0.2) is 0 Å². The molecule has 0 unspecified atom stereocenters. The van der Waals surface area contributed by atoms with Crippen molar-refractivity contribution in [1.82, 2.24) is 4.90 Å². The fourth-order valence-electron chi connectivity index (χ4n) is 5.66. The van der Waals surface area contributed by atoms with Crippen LogP contribution in [0, 0.1) is 16.2 Å². The Kier molecular flexibility index (Phi) is 4.55. The van der Waals surface area contributed by atoms with Gasteiger partial charge in [0.1, 0.15) is 0 Å². The zero-order valence-electron chi connectivity index (χ0n) is 15.4. The van der Waals surface area contributed by atoms with Crippen molar-refractivity contribution < 1.29 is 0 Å². The van der Waals surface area contributed by atoms with E-state index in [1.54, 1.807) is 0 Å². The normalized spacial score (nSPS) is 31.6. The van der Waals surface area contributed by atoms with Crippen molar-refractivity contribution >= 4 is 0 Å². The second-order valence-electron chi connectivity index (χ2n) is 10.3. The number of nitrogens with two attached hydrogens (primary N) is 1. The summed E-state index contributed by atoms with van der Waals surface area (Å²) in [6.07, 6.45) is 7.85. The lowest BCUT2D eigenvalue weighted by Crippen LogP contribution is -2.61. The monoisotopic (exact) mass is 294 g/mol. The van der Waals surface area contributed by atoms with Gasteiger partial charge in [-0.1, -0.05) is 41.5 Å². The molecule has 2 rings (SSSR count). The molecule has 2 N–H and O–H groups in total. The molecular weight excluding hydrogens is 256 g/mol. The van der Waals surface area contributed by atoms with Crippen LogP contribution in [0.15, 0.2) is 0 Å². The van der Waals surface area contributed by atoms with Crippen molar-refractivity contribution in [3.63, 3.8) is 0 Å². The predicted molar refractivity (Wildman–Crippen MR) is 92.4 cm³/mol. The van der Waals surface area contributed by atoms with Crippen molar-refractivity contribution in [2.24, 2.45) is 22.0 Å². The van der Waals surface area contributed by atoms with Gasteiger partial charge in [0.25, 0.3) is 0 Å². The minimum absolute atomic E-state index is 0.228. The lowest BCUT2D eigenvalue weighted by molar-refractivity contribution is -0.0431. The number of nitrogens with zero attached hydrogens (tertiary/aromatic N) is 1. The zero-order chi connectivity index (χ0) is 15.9. The van der Waals surface area contributed by atoms with Gasteiger partial charge in [-0.3, -0.25) is 4.90 Å². The van der Waals surface area contributed by atoms with Crippen LogP contribution in [0.3, 0.4) is 0 Å². The smallest absolute Gasteiger partial charge is 0.0341 e. The van der Waals surface area contributed by atoms with Gasteiger partial charge < -0.3 is 5.73 Å². The molecule has 0 aromatic heterocycles. The molecule has 0 aromatic rings. The average molecular weight is 295 g/mol. The molecule has 2 nitrogen and oxygen atoms in total. The van der Waals surface area contributed by atoms with E-state index in [9.17, 15) is 0 Å². The first-order valence-electron chi connectivity index (χ1n) is 8.95. The third-order valence-corrected chi connectivity index (χ3v) is 5.96. The standard InChI is InChI=1S/C19H38N2/c1-16(2)8-7-10-21(11-9-16)19(15-20)13-17(3,4)12-18(5,6)14-19/h7-15,20H2,1-6H3. The van der Waals surface area contributed by atoms with E-state index < -0.39 is 0 Å². The summed E-state index contributed by atoms with van der Waals surface area (Å²) >= 11 is 0. The van der Waals surface area contributed by atoms with E-state index in [1.807, 2.05) is 0 Å². The molecule has 124 valence electrons. The van der Waals surface area contributed by atoms with Gasteiger partial charge in [-0.2, -0.15) is 0 Å². The highest BCUT2D eigenvalue weighted by atomic mass is 15.2. The summed E-state index contributed by atoms with van der Waals surface area (Å²) in [7, 11) is 0. The summed E-state index contributed by atoms with van der Waals surface area (Å²) in [5, 5.41) is 0. The van der Waals surface area contributed by atoms with Crippen LogP contribution >= 0.6 is 0 Å². The Morgan fingerprint density at radius 1 is 0.762 bits per heavy atom. The minimum atomic E-state index is 0.228. The highest BCUT2D eigenvalue weighted by Gasteiger charge is 2.49. The van der Waals surface area contributed by atoms with E-state index in [4.69, 9.17) is 5.73 Å².